The fourth-order valence-corrected chi connectivity index (χ4v) is 2.61. The van der Waals surface area contributed by atoms with Gasteiger partial charge in [0.25, 0.3) is 0 Å². The van der Waals surface area contributed by atoms with Crippen LogP contribution in [0.4, 0.5) is 0 Å². The second-order valence-corrected chi connectivity index (χ2v) is 5.54. The number of nitrogens with zero attached hydrogens (tertiary/aromatic N) is 2. The number of morpholine rings is 1. The van der Waals surface area contributed by atoms with Crippen molar-refractivity contribution in [2.45, 2.75) is 38.3 Å². The molecule has 2 N–H and O–H groups in total. The van der Waals surface area contributed by atoms with E-state index in [-0.39, 0.29) is 18.1 Å². The van der Waals surface area contributed by atoms with Gasteiger partial charge in [0.15, 0.2) is 0 Å². The van der Waals surface area contributed by atoms with E-state index in [2.05, 4.69) is 11.0 Å². The third kappa shape index (κ3) is 3.78. The van der Waals surface area contributed by atoms with Gasteiger partial charge in [0.05, 0.1) is 19.3 Å². The van der Waals surface area contributed by atoms with Crippen LogP contribution in [0, 0.1) is 0 Å². The predicted molar refractivity (Wildman–Crippen MR) is 74.5 cm³/mol. The summed E-state index contributed by atoms with van der Waals surface area (Å²) in [5.74, 6) is 0.165. The Balaban J connectivity index is 1.84. The van der Waals surface area contributed by atoms with Gasteiger partial charge in [-0.2, -0.15) is 0 Å². The largest absolute Gasteiger partial charge is 0.374 e. The molecule has 5 heteroatoms. The summed E-state index contributed by atoms with van der Waals surface area (Å²) in [6, 6.07) is 0.00757. The van der Waals surface area contributed by atoms with E-state index in [0.717, 1.165) is 32.4 Å². The molecule has 5 nitrogen and oxygen atoms in total. The quantitative estimate of drug-likeness (QED) is 0.808. The third-order valence-electron chi connectivity index (χ3n) is 3.94. The predicted octanol–water partition coefficient (Wildman–Crippen LogP) is 0.561. The lowest BCUT2D eigenvalue weighted by molar-refractivity contribution is -0.131. The summed E-state index contributed by atoms with van der Waals surface area (Å²) in [5.41, 5.74) is 7.03. The molecule has 2 aliphatic rings. The van der Waals surface area contributed by atoms with Crippen molar-refractivity contribution in [3.05, 3.63) is 11.8 Å². The molecule has 1 amide bonds. The average molecular weight is 267 g/mol. The highest BCUT2D eigenvalue weighted by Crippen LogP contribution is 2.20. The molecule has 1 saturated heterocycles. The smallest absolute Gasteiger partial charge is 0.240 e. The average Bonchev–Trinajstić information content (AvgIpc) is 2.92. The number of likely N-dealkylation sites (N-methyl/N-ethyl adjacent to an activating group) is 1. The molecule has 1 fully saturated rings. The number of carbonyl (C=O) groups is 1. The SMILES string of the molecule is CC(N)C1CN(CC(=O)N(C)C2=CCCC2)CCO1. The number of hydrogen-bond donors (Lipinski definition) is 1. The van der Waals surface area contributed by atoms with Gasteiger partial charge in [-0.1, -0.05) is 6.08 Å². The lowest BCUT2D eigenvalue weighted by Gasteiger charge is -2.35. The topological polar surface area (TPSA) is 58.8 Å². The normalized spacial score (nSPS) is 26.1. The van der Waals surface area contributed by atoms with Crippen LogP contribution in [0.1, 0.15) is 26.2 Å². The molecule has 0 spiro atoms. The number of ether oxygens (including phenoxy) is 1. The van der Waals surface area contributed by atoms with Gasteiger partial charge in [-0.15, -0.1) is 0 Å². The number of carbonyl (C=O) groups excluding carboxylic acids is 1. The van der Waals surface area contributed by atoms with E-state index in [1.165, 1.54) is 5.70 Å². The summed E-state index contributed by atoms with van der Waals surface area (Å²) in [5, 5.41) is 0. The van der Waals surface area contributed by atoms with Gasteiger partial charge in [0, 0.05) is 31.9 Å². The zero-order valence-corrected chi connectivity index (χ0v) is 12.0. The second kappa shape index (κ2) is 6.50. The molecule has 1 aliphatic heterocycles. The summed E-state index contributed by atoms with van der Waals surface area (Å²) >= 11 is 0. The first-order valence-electron chi connectivity index (χ1n) is 7.13. The van der Waals surface area contributed by atoms with Crippen molar-refractivity contribution in [2.75, 3.05) is 33.3 Å². The molecule has 0 aromatic heterocycles. The third-order valence-corrected chi connectivity index (χ3v) is 3.94. The van der Waals surface area contributed by atoms with Crippen LogP contribution in [0.3, 0.4) is 0 Å². The number of amides is 1. The number of rotatable bonds is 4. The van der Waals surface area contributed by atoms with Crippen LogP contribution < -0.4 is 5.73 Å². The molecule has 19 heavy (non-hydrogen) atoms. The van der Waals surface area contributed by atoms with Crippen molar-refractivity contribution in [2.24, 2.45) is 5.73 Å². The van der Waals surface area contributed by atoms with E-state index < -0.39 is 0 Å². The molecule has 0 aromatic rings. The molecule has 0 radical (unpaired) electrons. The van der Waals surface area contributed by atoms with Crippen molar-refractivity contribution < 1.29 is 9.53 Å². The van der Waals surface area contributed by atoms with Crippen LogP contribution in [0.2, 0.25) is 0 Å². The van der Waals surface area contributed by atoms with Gasteiger partial charge in [0.2, 0.25) is 5.91 Å². The number of hydrogen-bond acceptors (Lipinski definition) is 4. The lowest BCUT2D eigenvalue weighted by Crippen LogP contribution is -2.51. The van der Waals surface area contributed by atoms with Crippen molar-refractivity contribution >= 4 is 5.91 Å². The van der Waals surface area contributed by atoms with Crippen molar-refractivity contribution in [3.8, 4) is 0 Å². The summed E-state index contributed by atoms with van der Waals surface area (Å²) in [6.45, 7) is 4.62. The van der Waals surface area contributed by atoms with E-state index in [1.807, 2.05) is 18.9 Å². The summed E-state index contributed by atoms with van der Waals surface area (Å²) in [4.78, 5) is 16.2. The Morgan fingerprint density at radius 3 is 3.11 bits per heavy atom. The van der Waals surface area contributed by atoms with Gasteiger partial charge in [-0.25, -0.2) is 0 Å². The van der Waals surface area contributed by atoms with Gasteiger partial charge in [-0.05, 0) is 26.2 Å². The summed E-state index contributed by atoms with van der Waals surface area (Å²) < 4.78 is 5.61. The molecule has 1 aliphatic carbocycles. The van der Waals surface area contributed by atoms with E-state index in [0.29, 0.717) is 13.2 Å². The minimum Gasteiger partial charge on any atom is -0.374 e. The van der Waals surface area contributed by atoms with Crippen LogP contribution >= 0.6 is 0 Å². The Kier molecular flexibility index (Phi) is 4.96. The molecule has 0 aromatic carbocycles. The highest BCUT2D eigenvalue weighted by molar-refractivity contribution is 5.79. The summed E-state index contributed by atoms with van der Waals surface area (Å²) in [6.07, 6.45) is 5.49. The molecule has 1 heterocycles. The summed E-state index contributed by atoms with van der Waals surface area (Å²) in [7, 11) is 1.88. The first kappa shape index (κ1) is 14.5. The minimum absolute atomic E-state index is 0.00757. The second-order valence-electron chi connectivity index (χ2n) is 5.54. The Bertz CT molecular complexity index is 355. The highest BCUT2D eigenvalue weighted by atomic mass is 16.5. The van der Waals surface area contributed by atoms with Gasteiger partial charge < -0.3 is 15.4 Å². The number of allylic oxidation sites excluding steroid dienone is 2. The maximum absolute atomic E-state index is 12.2. The molecule has 108 valence electrons. The fraction of sp³-hybridized carbons (Fsp3) is 0.786. The monoisotopic (exact) mass is 267 g/mol. The van der Waals surface area contributed by atoms with Crippen LogP contribution in [0.25, 0.3) is 0 Å². The van der Waals surface area contributed by atoms with Crippen LogP contribution in [0.15, 0.2) is 11.8 Å². The maximum atomic E-state index is 12.2. The Hall–Kier alpha value is -0.910. The zero-order chi connectivity index (χ0) is 13.8. The Morgan fingerprint density at radius 1 is 1.68 bits per heavy atom. The van der Waals surface area contributed by atoms with E-state index in [1.54, 1.807) is 0 Å². The van der Waals surface area contributed by atoms with Crippen molar-refractivity contribution in [1.29, 1.82) is 0 Å². The number of nitrogens with two attached hydrogens (primary N) is 1. The molecule has 0 bridgehead atoms. The molecular formula is C14H25N3O2. The lowest BCUT2D eigenvalue weighted by atomic mass is 10.1. The molecule has 0 saturated carbocycles. The molecule has 2 rings (SSSR count). The molecular weight excluding hydrogens is 242 g/mol. The van der Waals surface area contributed by atoms with Crippen molar-refractivity contribution in [1.82, 2.24) is 9.80 Å². The van der Waals surface area contributed by atoms with Crippen LogP contribution in [-0.2, 0) is 9.53 Å². The van der Waals surface area contributed by atoms with Gasteiger partial charge in [-0.3, -0.25) is 9.69 Å². The van der Waals surface area contributed by atoms with Gasteiger partial charge in [0.1, 0.15) is 0 Å². The van der Waals surface area contributed by atoms with E-state index in [9.17, 15) is 4.79 Å². The minimum atomic E-state index is 0.00757. The fourth-order valence-electron chi connectivity index (χ4n) is 2.61. The van der Waals surface area contributed by atoms with Gasteiger partial charge >= 0.3 is 0 Å². The maximum Gasteiger partial charge on any atom is 0.240 e. The van der Waals surface area contributed by atoms with Crippen LogP contribution in [-0.4, -0.2) is 61.1 Å². The Morgan fingerprint density at radius 2 is 2.47 bits per heavy atom. The first-order chi connectivity index (χ1) is 9.08. The Labute approximate surface area is 115 Å². The first-order valence-corrected chi connectivity index (χ1v) is 7.13. The molecule has 2 unspecified atom stereocenters. The van der Waals surface area contributed by atoms with Crippen molar-refractivity contribution in [3.63, 3.8) is 0 Å². The molecule has 2 atom stereocenters. The van der Waals surface area contributed by atoms with E-state index >= 15 is 0 Å². The van der Waals surface area contributed by atoms with E-state index in [4.69, 9.17) is 10.5 Å². The van der Waals surface area contributed by atoms with Crippen LogP contribution in [0.5, 0.6) is 0 Å². The highest BCUT2D eigenvalue weighted by Gasteiger charge is 2.26. The zero-order valence-electron chi connectivity index (χ0n) is 12.0. The standard InChI is InChI=1S/C14H25N3O2/c1-11(15)13-9-17(7-8-19-13)10-14(18)16(2)12-5-3-4-6-12/h5,11,13H,3-4,6-10,15H2,1-2H3.